The molecule has 2 aromatic rings. The van der Waals surface area contributed by atoms with Gasteiger partial charge in [0.15, 0.2) is 0 Å². The number of carbonyl (C=O) groups is 2. The van der Waals surface area contributed by atoms with Crippen molar-refractivity contribution in [2.75, 3.05) is 39.5 Å². The maximum atomic E-state index is 14.6. The van der Waals surface area contributed by atoms with E-state index in [1.807, 2.05) is 13.0 Å². The Morgan fingerprint density at radius 2 is 1.80 bits per heavy atom. The summed E-state index contributed by atoms with van der Waals surface area (Å²) in [5.74, 6) is -1.62. The van der Waals surface area contributed by atoms with Gasteiger partial charge in [-0.05, 0) is 99.6 Å². The van der Waals surface area contributed by atoms with Crippen molar-refractivity contribution in [1.82, 2.24) is 10.2 Å². The van der Waals surface area contributed by atoms with E-state index in [0.29, 0.717) is 56.0 Å². The topological polar surface area (TPSA) is 201 Å². The molecule has 4 aliphatic rings. The Morgan fingerprint density at radius 3 is 2.48 bits per heavy atom. The van der Waals surface area contributed by atoms with E-state index in [2.05, 4.69) is 18.0 Å². The van der Waals surface area contributed by atoms with Crippen molar-refractivity contribution in [1.29, 1.82) is 0 Å². The summed E-state index contributed by atoms with van der Waals surface area (Å²) >= 11 is 0. The molecule has 3 N–H and O–H groups in total. The van der Waals surface area contributed by atoms with Crippen LogP contribution in [0.5, 0.6) is 17.2 Å². The summed E-state index contributed by atoms with van der Waals surface area (Å²) < 4.78 is 31.9. The predicted molar refractivity (Wildman–Crippen MR) is 225 cm³/mol. The quantitative estimate of drug-likeness (QED) is 0.0507. The molecule has 0 spiro atoms. The van der Waals surface area contributed by atoms with Crippen LogP contribution in [0.3, 0.4) is 0 Å². The number of nitrogens with one attached hydrogen (secondary N) is 1. The number of benzene rings is 2. The Bertz CT molecular complexity index is 1880. The minimum atomic E-state index is -1.55. The molecule has 16 heteroatoms. The summed E-state index contributed by atoms with van der Waals surface area (Å²) in [7, 11) is 0. The number of nitrogens with zero attached hydrogens (tertiary/aromatic N) is 3. The monoisotopic (exact) mass is 848 g/mol. The Hall–Kier alpha value is -5.03. The molecule has 2 amide bonds. The Labute approximate surface area is 357 Å². The van der Waals surface area contributed by atoms with Crippen LogP contribution in [0.4, 0.5) is 15.3 Å². The first-order valence-corrected chi connectivity index (χ1v) is 21.7. The van der Waals surface area contributed by atoms with Crippen LogP contribution in [0.2, 0.25) is 0 Å². The number of non-ortho nitro benzene ring substituents is 1. The zero-order chi connectivity index (χ0) is 43.4. The lowest BCUT2D eigenvalue weighted by atomic mass is 9.55. The van der Waals surface area contributed by atoms with Crippen molar-refractivity contribution in [2.45, 2.75) is 109 Å². The van der Waals surface area contributed by atoms with Crippen LogP contribution < -0.4 is 19.5 Å². The van der Waals surface area contributed by atoms with Crippen LogP contribution >= 0.6 is 0 Å². The molecule has 7 unspecified atom stereocenters. The molecule has 2 aromatic carbocycles. The summed E-state index contributed by atoms with van der Waals surface area (Å²) in [4.78, 5) is 46.0. The molecule has 0 aromatic heterocycles. The second-order valence-corrected chi connectivity index (χ2v) is 15.9. The van der Waals surface area contributed by atoms with Gasteiger partial charge < -0.3 is 44.1 Å². The molecule has 2 aliphatic carbocycles. The number of aliphatic hydroxyl groups is 2. The normalized spacial score (nSPS) is 25.8. The fraction of sp³-hybridized carbons (Fsp3) is 0.578. The number of nitro benzene ring substituents is 1. The number of aliphatic hydroxyl groups excluding tert-OH is 2. The number of nitro groups is 1. The second kappa shape index (κ2) is 21.7. The van der Waals surface area contributed by atoms with Crippen molar-refractivity contribution < 1.29 is 53.2 Å². The van der Waals surface area contributed by atoms with Crippen LogP contribution in [0.15, 0.2) is 71.9 Å². The number of carbonyl (C=O) groups excluding carboxylic acids is 2. The molecule has 332 valence electrons. The summed E-state index contributed by atoms with van der Waals surface area (Å²) in [5, 5.41) is 38.7. The number of hydrogen-bond donors (Lipinski definition) is 3. The highest BCUT2D eigenvalue weighted by atomic mass is 16.8. The van der Waals surface area contributed by atoms with Gasteiger partial charge in [-0.2, -0.15) is 0 Å². The van der Waals surface area contributed by atoms with Gasteiger partial charge in [-0.25, -0.2) is 9.59 Å². The summed E-state index contributed by atoms with van der Waals surface area (Å²) in [6, 6.07) is 9.75. The Kier molecular flexibility index (Phi) is 16.2. The number of oxime groups is 1. The van der Waals surface area contributed by atoms with Gasteiger partial charge in [-0.3, -0.25) is 15.0 Å². The summed E-state index contributed by atoms with van der Waals surface area (Å²) in [6.45, 7) is 9.06. The zero-order valence-corrected chi connectivity index (χ0v) is 35.2. The van der Waals surface area contributed by atoms with Gasteiger partial charge in [0.1, 0.15) is 23.3 Å². The van der Waals surface area contributed by atoms with E-state index in [-0.39, 0.29) is 62.0 Å². The number of ether oxygens (including phenoxy) is 5. The largest absolute Gasteiger partial charge is 0.459 e. The van der Waals surface area contributed by atoms with Crippen molar-refractivity contribution in [2.24, 2.45) is 22.9 Å². The molecule has 0 bridgehead atoms. The molecule has 0 radical (unpaired) electrons. The average Bonchev–Trinajstić information content (AvgIpc) is 3.26. The standard InChI is InChI=1S/C45H60N4O12/c1-4-22-48(44(53)59-32-18-16-31(17-19-32)49(54)55)39-29-37(47-61-40-15-9-12-26-56-40)35-27-30(13-7-10-23-50)34(14-8-11-24-51)41-36-28-33(58-43(52)46-6-3)20-21-38(36)60-45(39,42(35)41)57-25-5-2/h5,16-21,27-28,30,34,39-42,50-51H,2,4,6-15,22-26,29H2,1,3H3,(H,46,52). The number of hydrogen-bond acceptors (Lipinski definition) is 13. The molecule has 16 nitrogen and oxygen atoms in total. The highest BCUT2D eigenvalue weighted by Gasteiger charge is 2.65. The lowest BCUT2D eigenvalue weighted by Gasteiger charge is -2.59. The van der Waals surface area contributed by atoms with Gasteiger partial charge in [0, 0.05) is 62.8 Å². The zero-order valence-electron chi connectivity index (χ0n) is 35.2. The van der Waals surface area contributed by atoms with Crippen molar-refractivity contribution in [3.05, 3.63) is 82.4 Å². The van der Waals surface area contributed by atoms with Gasteiger partial charge >= 0.3 is 12.2 Å². The van der Waals surface area contributed by atoms with Gasteiger partial charge in [-0.1, -0.05) is 37.1 Å². The van der Waals surface area contributed by atoms with E-state index in [1.165, 1.54) is 24.3 Å². The van der Waals surface area contributed by atoms with Crippen LogP contribution in [-0.4, -0.2) is 95.6 Å². The molecule has 1 saturated heterocycles. The van der Waals surface area contributed by atoms with Crippen LogP contribution in [0.1, 0.15) is 96.0 Å². The molecule has 2 heterocycles. The highest BCUT2D eigenvalue weighted by molar-refractivity contribution is 6.03. The minimum Gasteiger partial charge on any atom is -0.459 e. The number of unbranched alkanes of at least 4 members (excludes halogenated alkanes) is 2. The van der Waals surface area contributed by atoms with Crippen molar-refractivity contribution in [3.8, 4) is 17.2 Å². The molecular formula is C45H60N4O12. The highest BCUT2D eigenvalue weighted by Crippen LogP contribution is 2.62. The fourth-order valence-electron chi connectivity index (χ4n) is 9.33. The van der Waals surface area contributed by atoms with Gasteiger partial charge in [0.2, 0.25) is 12.1 Å². The van der Waals surface area contributed by atoms with E-state index < -0.39 is 41.1 Å². The first-order chi connectivity index (χ1) is 29.7. The molecule has 6 rings (SSSR count). The van der Waals surface area contributed by atoms with Crippen molar-refractivity contribution in [3.63, 3.8) is 0 Å². The summed E-state index contributed by atoms with van der Waals surface area (Å²) in [6.07, 6.45) is 9.42. The van der Waals surface area contributed by atoms with Gasteiger partial charge in [-0.15, -0.1) is 6.58 Å². The SMILES string of the molecule is C=CCOC12Oc3ccc(OC(=O)NCC)cc3C3C(CCCCO)C(CCCCO)C=C(C(=NOC4CCCCO4)CC1N(CCC)C(=O)Oc1ccc([N+](=O)[O-])cc1)C32. The van der Waals surface area contributed by atoms with Gasteiger partial charge in [0.25, 0.3) is 5.69 Å². The molecule has 2 fully saturated rings. The second-order valence-electron chi connectivity index (χ2n) is 15.9. The molecule has 2 aliphatic heterocycles. The third-order valence-corrected chi connectivity index (χ3v) is 11.9. The van der Waals surface area contributed by atoms with E-state index in [0.717, 1.165) is 49.7 Å². The number of rotatable bonds is 20. The average molecular weight is 849 g/mol. The molecule has 1 saturated carbocycles. The maximum Gasteiger partial charge on any atom is 0.415 e. The fourth-order valence-corrected chi connectivity index (χ4v) is 9.33. The van der Waals surface area contributed by atoms with E-state index >= 15 is 0 Å². The number of amides is 2. The lowest BCUT2D eigenvalue weighted by Crippen LogP contribution is -2.70. The Morgan fingerprint density at radius 1 is 1.05 bits per heavy atom. The number of fused-ring (bicyclic) bond motifs is 2. The first kappa shape index (κ1) is 45.5. The summed E-state index contributed by atoms with van der Waals surface area (Å²) in [5.41, 5.74) is 2.09. The van der Waals surface area contributed by atoms with Crippen LogP contribution in [-0.2, 0) is 14.3 Å². The number of allylic oxidation sites excluding steroid dienone is 1. The van der Waals surface area contributed by atoms with E-state index in [9.17, 15) is 29.9 Å². The van der Waals surface area contributed by atoms with E-state index in [1.54, 1.807) is 30.0 Å². The third kappa shape index (κ3) is 10.5. The van der Waals surface area contributed by atoms with Crippen molar-refractivity contribution >= 4 is 23.6 Å². The molecular weight excluding hydrogens is 789 g/mol. The minimum absolute atomic E-state index is 0.0101. The molecule has 7 atom stereocenters. The maximum absolute atomic E-state index is 14.6. The lowest BCUT2D eigenvalue weighted by molar-refractivity contribution is -0.384. The Balaban J connectivity index is 1.56. The molecule has 61 heavy (non-hydrogen) atoms. The first-order valence-electron chi connectivity index (χ1n) is 21.7. The third-order valence-electron chi connectivity index (χ3n) is 11.9. The van der Waals surface area contributed by atoms with Gasteiger partial charge in [0.05, 0.1) is 29.8 Å². The predicted octanol–water partition coefficient (Wildman–Crippen LogP) is 7.77. The van der Waals surface area contributed by atoms with E-state index in [4.69, 9.17) is 33.7 Å². The smallest absolute Gasteiger partial charge is 0.415 e. The van der Waals surface area contributed by atoms with Crippen LogP contribution in [0, 0.1) is 27.9 Å². The van der Waals surface area contributed by atoms with Crippen LogP contribution in [0.25, 0.3) is 0 Å².